The third-order valence-electron chi connectivity index (χ3n) is 1.99. The molecule has 5 heteroatoms. The maximum Gasteiger partial charge on any atom is 0.325 e. The summed E-state index contributed by atoms with van der Waals surface area (Å²) in [6.07, 6.45) is 5.81. The van der Waals surface area contributed by atoms with Crippen LogP contribution in [-0.4, -0.2) is 35.6 Å². The fourth-order valence-electron chi connectivity index (χ4n) is 1.36. The van der Waals surface area contributed by atoms with Crippen LogP contribution in [0, 0.1) is 0 Å². The predicted octanol–water partition coefficient (Wildman–Crippen LogP) is 1.26. The molecule has 0 saturated carbocycles. The molecule has 0 saturated heterocycles. The fraction of sp³-hybridized carbons (Fsp3) is 0.545. The third-order valence-corrected chi connectivity index (χ3v) is 1.99. The Balaban J connectivity index is 2.64. The molecule has 0 aliphatic carbocycles. The fourth-order valence-corrected chi connectivity index (χ4v) is 1.36. The maximum atomic E-state index is 11.4. The summed E-state index contributed by atoms with van der Waals surface area (Å²) >= 11 is 0. The highest BCUT2D eigenvalue weighted by molar-refractivity contribution is 5.75. The lowest BCUT2D eigenvalue weighted by atomic mass is 10.4. The van der Waals surface area contributed by atoms with Gasteiger partial charge in [0.05, 0.1) is 12.8 Å². The molecule has 0 aliphatic heterocycles. The Hall–Kier alpha value is -1.65. The Labute approximate surface area is 95.5 Å². The molecular weight excluding hydrogens is 206 g/mol. The smallest absolute Gasteiger partial charge is 0.325 e. The van der Waals surface area contributed by atoms with Crippen molar-refractivity contribution >= 4 is 11.8 Å². The lowest BCUT2D eigenvalue weighted by Crippen LogP contribution is -2.32. The highest BCUT2D eigenvalue weighted by atomic mass is 16.5. The molecule has 0 N–H and O–H groups in total. The number of carbonyl (C=O) groups is 1. The molecular formula is C11H17N3O2. The molecule has 0 radical (unpaired) electrons. The van der Waals surface area contributed by atoms with Crippen LogP contribution in [0.3, 0.4) is 0 Å². The normalized spacial score (nSPS) is 9.88. The van der Waals surface area contributed by atoms with Gasteiger partial charge in [0, 0.05) is 18.9 Å². The van der Waals surface area contributed by atoms with Crippen molar-refractivity contribution in [2.45, 2.75) is 20.3 Å². The van der Waals surface area contributed by atoms with E-state index >= 15 is 0 Å². The third kappa shape index (κ3) is 3.84. The largest absolute Gasteiger partial charge is 0.465 e. The van der Waals surface area contributed by atoms with E-state index in [1.807, 2.05) is 4.90 Å². The first-order valence-electron chi connectivity index (χ1n) is 5.44. The van der Waals surface area contributed by atoms with Gasteiger partial charge < -0.3 is 9.64 Å². The Morgan fingerprint density at radius 1 is 1.44 bits per heavy atom. The number of carbonyl (C=O) groups excluding carboxylic acids is 1. The minimum Gasteiger partial charge on any atom is -0.465 e. The molecule has 0 fully saturated rings. The van der Waals surface area contributed by atoms with E-state index in [2.05, 4.69) is 16.9 Å². The van der Waals surface area contributed by atoms with Crippen molar-refractivity contribution in [2.24, 2.45) is 0 Å². The van der Waals surface area contributed by atoms with Gasteiger partial charge in [-0.2, -0.15) is 0 Å². The molecule has 0 bridgehead atoms. The summed E-state index contributed by atoms with van der Waals surface area (Å²) < 4.78 is 4.91. The molecule has 0 aromatic carbocycles. The molecule has 0 unspecified atom stereocenters. The van der Waals surface area contributed by atoms with Crippen LogP contribution in [0.4, 0.5) is 5.82 Å². The molecule has 16 heavy (non-hydrogen) atoms. The molecule has 1 aromatic heterocycles. The van der Waals surface area contributed by atoms with E-state index in [9.17, 15) is 4.79 Å². The van der Waals surface area contributed by atoms with Gasteiger partial charge in [-0.15, -0.1) is 0 Å². The number of nitrogens with zero attached hydrogens (tertiary/aromatic N) is 3. The number of hydrogen-bond acceptors (Lipinski definition) is 5. The van der Waals surface area contributed by atoms with Gasteiger partial charge in [0.15, 0.2) is 0 Å². The van der Waals surface area contributed by atoms with Crippen molar-refractivity contribution in [3.05, 3.63) is 18.6 Å². The van der Waals surface area contributed by atoms with Gasteiger partial charge >= 0.3 is 5.97 Å². The Bertz CT molecular complexity index is 316. The van der Waals surface area contributed by atoms with E-state index in [-0.39, 0.29) is 12.5 Å². The SMILES string of the molecule is CCCN(CC(=O)OCC)c1cnccn1. The zero-order valence-electron chi connectivity index (χ0n) is 9.72. The summed E-state index contributed by atoms with van der Waals surface area (Å²) in [6, 6.07) is 0. The van der Waals surface area contributed by atoms with Gasteiger partial charge in [-0.25, -0.2) is 4.98 Å². The average molecular weight is 223 g/mol. The molecule has 0 spiro atoms. The van der Waals surface area contributed by atoms with Crippen LogP contribution in [0.5, 0.6) is 0 Å². The van der Waals surface area contributed by atoms with Crippen LogP contribution < -0.4 is 4.90 Å². The predicted molar refractivity (Wildman–Crippen MR) is 61.2 cm³/mol. The second-order valence-corrected chi connectivity index (χ2v) is 3.29. The summed E-state index contributed by atoms with van der Waals surface area (Å²) in [5.41, 5.74) is 0. The standard InChI is InChI=1S/C11H17N3O2/c1-3-7-14(9-11(15)16-4-2)10-8-12-5-6-13-10/h5-6,8H,3-4,7,9H2,1-2H3. The molecule has 1 heterocycles. The van der Waals surface area contributed by atoms with Crippen LogP contribution in [-0.2, 0) is 9.53 Å². The Kier molecular flexibility index (Phi) is 5.25. The van der Waals surface area contributed by atoms with E-state index in [4.69, 9.17) is 4.74 Å². The van der Waals surface area contributed by atoms with E-state index in [1.165, 1.54) is 0 Å². The van der Waals surface area contributed by atoms with Crippen molar-refractivity contribution in [3.8, 4) is 0 Å². The van der Waals surface area contributed by atoms with Crippen LogP contribution in [0.15, 0.2) is 18.6 Å². The number of hydrogen-bond donors (Lipinski definition) is 0. The van der Waals surface area contributed by atoms with Gasteiger partial charge in [0.25, 0.3) is 0 Å². The highest BCUT2D eigenvalue weighted by Gasteiger charge is 2.12. The van der Waals surface area contributed by atoms with E-state index < -0.39 is 0 Å². The minimum atomic E-state index is -0.235. The van der Waals surface area contributed by atoms with Crippen molar-refractivity contribution in [1.29, 1.82) is 0 Å². The van der Waals surface area contributed by atoms with Crippen LogP contribution >= 0.6 is 0 Å². The number of aromatic nitrogens is 2. The summed E-state index contributed by atoms with van der Waals surface area (Å²) in [4.78, 5) is 21.4. The summed E-state index contributed by atoms with van der Waals surface area (Å²) in [6.45, 7) is 5.23. The topological polar surface area (TPSA) is 55.3 Å². The van der Waals surface area contributed by atoms with Gasteiger partial charge in [-0.3, -0.25) is 9.78 Å². The molecule has 5 nitrogen and oxygen atoms in total. The first kappa shape index (κ1) is 12.4. The van der Waals surface area contributed by atoms with Crippen LogP contribution in [0.25, 0.3) is 0 Å². The lowest BCUT2D eigenvalue weighted by Gasteiger charge is -2.21. The lowest BCUT2D eigenvalue weighted by molar-refractivity contribution is -0.141. The van der Waals surface area contributed by atoms with Crippen molar-refractivity contribution in [3.63, 3.8) is 0 Å². The Morgan fingerprint density at radius 3 is 2.81 bits per heavy atom. The van der Waals surface area contributed by atoms with Crippen molar-refractivity contribution in [2.75, 3.05) is 24.6 Å². The summed E-state index contributed by atoms with van der Waals surface area (Å²) in [7, 11) is 0. The first-order valence-corrected chi connectivity index (χ1v) is 5.44. The van der Waals surface area contributed by atoms with Crippen molar-refractivity contribution in [1.82, 2.24) is 9.97 Å². The quantitative estimate of drug-likeness (QED) is 0.679. The van der Waals surface area contributed by atoms with Gasteiger partial charge in [0.2, 0.25) is 0 Å². The van der Waals surface area contributed by atoms with Crippen LogP contribution in [0.1, 0.15) is 20.3 Å². The second-order valence-electron chi connectivity index (χ2n) is 3.29. The Morgan fingerprint density at radius 2 is 2.25 bits per heavy atom. The molecule has 1 aromatic rings. The van der Waals surface area contributed by atoms with Gasteiger partial charge in [-0.05, 0) is 13.3 Å². The van der Waals surface area contributed by atoms with Gasteiger partial charge in [-0.1, -0.05) is 6.92 Å². The van der Waals surface area contributed by atoms with E-state index in [0.29, 0.717) is 12.4 Å². The number of ether oxygens (including phenoxy) is 1. The van der Waals surface area contributed by atoms with E-state index in [1.54, 1.807) is 25.5 Å². The van der Waals surface area contributed by atoms with Gasteiger partial charge in [0.1, 0.15) is 12.4 Å². The number of rotatable bonds is 6. The molecule has 1 rings (SSSR count). The highest BCUT2D eigenvalue weighted by Crippen LogP contribution is 2.08. The summed E-state index contributed by atoms with van der Waals surface area (Å²) in [5, 5.41) is 0. The molecule has 0 aliphatic rings. The zero-order chi connectivity index (χ0) is 11.8. The second kappa shape index (κ2) is 6.76. The number of anilines is 1. The number of esters is 1. The molecule has 0 amide bonds. The molecule has 0 atom stereocenters. The van der Waals surface area contributed by atoms with E-state index in [0.717, 1.165) is 13.0 Å². The monoisotopic (exact) mass is 223 g/mol. The van der Waals surface area contributed by atoms with Crippen molar-refractivity contribution < 1.29 is 9.53 Å². The molecule has 88 valence electrons. The minimum absolute atomic E-state index is 0.223. The first-order chi connectivity index (χ1) is 7.77. The zero-order valence-corrected chi connectivity index (χ0v) is 9.72. The summed E-state index contributed by atoms with van der Waals surface area (Å²) in [5.74, 6) is 0.471. The maximum absolute atomic E-state index is 11.4. The van der Waals surface area contributed by atoms with Crippen LogP contribution in [0.2, 0.25) is 0 Å². The average Bonchev–Trinajstić information content (AvgIpc) is 2.30.